The van der Waals surface area contributed by atoms with E-state index < -0.39 is 0 Å². The Hall–Kier alpha value is -3.06. The number of aliphatic imine (C=N–C) groups is 1. The van der Waals surface area contributed by atoms with Gasteiger partial charge >= 0.3 is 0 Å². The molecule has 1 aliphatic rings. The fourth-order valence-corrected chi connectivity index (χ4v) is 3.11. The molecule has 7 nitrogen and oxygen atoms in total. The zero-order chi connectivity index (χ0) is 19.9. The van der Waals surface area contributed by atoms with Crippen LogP contribution in [-0.4, -0.2) is 35.1 Å². The van der Waals surface area contributed by atoms with Gasteiger partial charge in [-0.2, -0.15) is 0 Å². The van der Waals surface area contributed by atoms with Crippen molar-refractivity contribution >= 4 is 29.6 Å². The Morgan fingerprint density at radius 1 is 1.25 bits per heavy atom. The number of nitrogens with one attached hydrogen (secondary N) is 1. The van der Waals surface area contributed by atoms with Crippen molar-refractivity contribution in [3.05, 3.63) is 64.2 Å². The summed E-state index contributed by atoms with van der Waals surface area (Å²) >= 11 is 6.16. The molecule has 0 unspecified atom stereocenters. The van der Waals surface area contributed by atoms with E-state index in [2.05, 4.69) is 20.3 Å². The summed E-state index contributed by atoms with van der Waals surface area (Å²) in [7, 11) is 1.56. The summed E-state index contributed by atoms with van der Waals surface area (Å²) in [6, 6.07) is 7.24. The van der Waals surface area contributed by atoms with Crippen LogP contribution < -0.4 is 10.1 Å². The lowest BCUT2D eigenvalue weighted by Gasteiger charge is -2.15. The molecular weight excluding hydrogens is 380 g/mol. The van der Waals surface area contributed by atoms with Gasteiger partial charge in [0.25, 0.3) is 5.91 Å². The second-order valence-corrected chi connectivity index (χ2v) is 6.57. The Bertz CT molecular complexity index is 942. The molecule has 0 atom stereocenters. The maximum absolute atomic E-state index is 12.6. The summed E-state index contributed by atoms with van der Waals surface area (Å²) in [6.07, 6.45) is 5.87. The molecule has 3 rings (SSSR count). The van der Waals surface area contributed by atoms with E-state index in [0.29, 0.717) is 35.0 Å². The molecule has 0 saturated carbocycles. The van der Waals surface area contributed by atoms with E-state index in [1.165, 1.54) is 6.21 Å². The van der Waals surface area contributed by atoms with Gasteiger partial charge in [-0.15, -0.1) is 0 Å². The number of halogens is 1. The van der Waals surface area contributed by atoms with Gasteiger partial charge in [-0.05, 0) is 42.2 Å². The highest BCUT2D eigenvalue weighted by atomic mass is 35.5. The minimum Gasteiger partial charge on any atom is -0.495 e. The van der Waals surface area contributed by atoms with Crippen molar-refractivity contribution in [3.63, 3.8) is 0 Å². The molecule has 144 valence electrons. The Labute approximate surface area is 167 Å². The van der Waals surface area contributed by atoms with Crippen molar-refractivity contribution in [2.45, 2.75) is 25.8 Å². The lowest BCUT2D eigenvalue weighted by Crippen LogP contribution is -2.28. The van der Waals surface area contributed by atoms with Crippen molar-refractivity contribution < 1.29 is 14.3 Å². The van der Waals surface area contributed by atoms with Crippen LogP contribution in [0.25, 0.3) is 0 Å². The number of carbonyl (C=O) groups excluding carboxylic acids is 2. The fraction of sp³-hybridized carbons (Fsp3) is 0.250. The van der Waals surface area contributed by atoms with Gasteiger partial charge in [0.15, 0.2) is 0 Å². The van der Waals surface area contributed by atoms with Crippen LogP contribution in [0.5, 0.6) is 5.75 Å². The Morgan fingerprint density at radius 3 is 2.75 bits per heavy atom. The average Bonchev–Trinajstić information content (AvgIpc) is 2.71. The summed E-state index contributed by atoms with van der Waals surface area (Å²) < 4.78 is 5.15. The Balaban J connectivity index is 1.70. The molecule has 2 amide bonds. The van der Waals surface area contributed by atoms with Gasteiger partial charge in [0.1, 0.15) is 11.6 Å². The largest absolute Gasteiger partial charge is 0.495 e. The number of dihydropyridines is 1. The fourth-order valence-electron chi connectivity index (χ4n) is 2.83. The van der Waals surface area contributed by atoms with E-state index in [1.807, 2.05) is 12.1 Å². The van der Waals surface area contributed by atoms with Crippen molar-refractivity contribution in [1.82, 2.24) is 15.3 Å². The van der Waals surface area contributed by atoms with Crippen molar-refractivity contribution in [3.8, 4) is 5.75 Å². The lowest BCUT2D eigenvalue weighted by molar-refractivity contribution is -0.117. The van der Waals surface area contributed by atoms with Crippen LogP contribution in [-0.2, 0) is 22.6 Å². The van der Waals surface area contributed by atoms with Crippen molar-refractivity contribution in [2.24, 2.45) is 4.99 Å². The minimum atomic E-state index is -0.300. The molecule has 28 heavy (non-hydrogen) atoms. The maximum Gasteiger partial charge on any atom is 0.253 e. The van der Waals surface area contributed by atoms with Gasteiger partial charge in [0, 0.05) is 18.6 Å². The van der Waals surface area contributed by atoms with E-state index in [4.69, 9.17) is 16.3 Å². The molecule has 0 spiro atoms. The average molecular weight is 399 g/mol. The molecule has 8 heteroatoms. The lowest BCUT2D eigenvalue weighted by atomic mass is 9.95. The molecule has 2 heterocycles. The van der Waals surface area contributed by atoms with E-state index in [9.17, 15) is 9.59 Å². The number of aryl methyl sites for hydroxylation is 1. The Morgan fingerprint density at radius 2 is 2.04 bits per heavy atom. The third-order valence-corrected chi connectivity index (χ3v) is 4.58. The van der Waals surface area contributed by atoms with E-state index in [1.54, 1.807) is 31.6 Å². The van der Waals surface area contributed by atoms with Gasteiger partial charge < -0.3 is 10.1 Å². The number of amides is 2. The molecule has 0 aliphatic carbocycles. The molecule has 0 bridgehead atoms. The number of hydrogen-bond donors (Lipinski definition) is 1. The smallest absolute Gasteiger partial charge is 0.253 e. The number of nitrogens with zero attached hydrogens (tertiary/aromatic N) is 3. The van der Waals surface area contributed by atoms with Crippen molar-refractivity contribution in [2.75, 3.05) is 7.11 Å². The highest BCUT2D eigenvalue weighted by Crippen LogP contribution is 2.27. The molecule has 1 aromatic carbocycles. The van der Waals surface area contributed by atoms with E-state index >= 15 is 0 Å². The van der Waals surface area contributed by atoms with E-state index in [-0.39, 0.29) is 24.8 Å². The second kappa shape index (κ2) is 9.23. The SMILES string of the molecule is COc1ccc(CCC2=C(C(=O)NCc3ncccn3)C=NC(=O)C2)cc1Cl. The molecule has 1 N–H and O–H groups in total. The van der Waals surface area contributed by atoms with Crippen molar-refractivity contribution in [1.29, 1.82) is 0 Å². The molecule has 2 aromatic rings. The van der Waals surface area contributed by atoms with E-state index in [0.717, 1.165) is 11.1 Å². The topological polar surface area (TPSA) is 93.5 Å². The summed E-state index contributed by atoms with van der Waals surface area (Å²) in [5.41, 5.74) is 2.15. The third-order valence-electron chi connectivity index (χ3n) is 4.29. The number of aromatic nitrogens is 2. The van der Waals surface area contributed by atoms with Crippen LogP contribution in [0, 0.1) is 0 Å². The first-order chi connectivity index (χ1) is 13.6. The van der Waals surface area contributed by atoms with Crippen LogP contribution in [0.2, 0.25) is 5.02 Å². The van der Waals surface area contributed by atoms with Crippen LogP contribution in [0.15, 0.2) is 52.8 Å². The molecule has 1 aliphatic heterocycles. The van der Waals surface area contributed by atoms with Gasteiger partial charge in [-0.1, -0.05) is 17.7 Å². The number of hydrogen-bond acceptors (Lipinski definition) is 5. The summed E-state index contributed by atoms with van der Waals surface area (Å²) in [5.74, 6) is 0.555. The predicted molar refractivity (Wildman–Crippen MR) is 105 cm³/mol. The van der Waals surface area contributed by atoms with Gasteiger partial charge in [-0.3, -0.25) is 9.59 Å². The number of carbonyl (C=O) groups is 2. The summed E-state index contributed by atoms with van der Waals surface area (Å²) in [6.45, 7) is 0.201. The molecule has 1 aromatic heterocycles. The second-order valence-electron chi connectivity index (χ2n) is 6.16. The molecular formula is C20H19ClN4O3. The van der Waals surface area contributed by atoms with Crippen LogP contribution in [0.1, 0.15) is 24.2 Å². The molecule has 0 saturated heterocycles. The number of benzene rings is 1. The van der Waals surface area contributed by atoms with Gasteiger partial charge in [-0.25, -0.2) is 15.0 Å². The Kier molecular flexibility index (Phi) is 6.49. The van der Waals surface area contributed by atoms with Gasteiger partial charge in [0.05, 0.1) is 30.7 Å². The first-order valence-electron chi connectivity index (χ1n) is 8.72. The highest BCUT2D eigenvalue weighted by Gasteiger charge is 2.20. The normalized spacial score (nSPS) is 13.6. The third kappa shape index (κ3) is 5.01. The van der Waals surface area contributed by atoms with Gasteiger partial charge in [0.2, 0.25) is 5.91 Å². The number of methoxy groups -OCH3 is 1. The van der Waals surface area contributed by atoms with Crippen LogP contribution in [0.4, 0.5) is 0 Å². The summed E-state index contributed by atoms with van der Waals surface area (Å²) in [4.78, 5) is 36.2. The quantitative estimate of drug-likeness (QED) is 0.773. The zero-order valence-electron chi connectivity index (χ0n) is 15.3. The molecule has 0 fully saturated rings. The summed E-state index contributed by atoms with van der Waals surface area (Å²) in [5, 5.41) is 3.30. The van der Waals surface area contributed by atoms with Crippen LogP contribution >= 0.6 is 11.6 Å². The van der Waals surface area contributed by atoms with Crippen LogP contribution in [0.3, 0.4) is 0 Å². The molecule has 0 radical (unpaired) electrons. The highest BCUT2D eigenvalue weighted by molar-refractivity contribution is 6.32. The number of rotatable bonds is 7. The minimum absolute atomic E-state index is 0.130. The monoisotopic (exact) mass is 398 g/mol. The number of ether oxygens (including phenoxy) is 1. The zero-order valence-corrected chi connectivity index (χ0v) is 16.1. The first-order valence-corrected chi connectivity index (χ1v) is 9.10. The predicted octanol–water partition coefficient (Wildman–Crippen LogP) is 2.69. The standard InChI is InChI=1S/C20H19ClN4O3/c1-28-17-6-4-13(9-16(17)21)3-5-14-10-19(26)24-11-15(14)20(27)25-12-18-22-7-2-8-23-18/h2,4,6-9,11H,3,5,10,12H2,1H3,(H,25,27). The maximum atomic E-state index is 12.6. The first kappa shape index (κ1) is 19.7.